The molecule has 2 heterocycles. The standard InChI is InChI=1S/C15H24N4O2/c1-11-13(12(2)18(3)17-11)6-7-14(20)16-10-15(21)19-8-4-5-9-19/h4-10H2,1-3H3,(H,16,20). The van der Waals surface area contributed by atoms with Crippen LogP contribution in [0.2, 0.25) is 0 Å². The van der Waals surface area contributed by atoms with E-state index in [1.165, 1.54) is 0 Å². The highest BCUT2D eigenvalue weighted by Crippen LogP contribution is 2.13. The number of aryl methyl sites for hydroxylation is 2. The van der Waals surface area contributed by atoms with E-state index >= 15 is 0 Å². The summed E-state index contributed by atoms with van der Waals surface area (Å²) in [6.07, 6.45) is 3.19. The highest BCUT2D eigenvalue weighted by atomic mass is 16.2. The molecular formula is C15H24N4O2. The molecule has 6 nitrogen and oxygen atoms in total. The Morgan fingerprint density at radius 2 is 1.90 bits per heavy atom. The van der Waals surface area contributed by atoms with Gasteiger partial charge < -0.3 is 10.2 Å². The first-order chi connectivity index (χ1) is 9.99. The van der Waals surface area contributed by atoms with Gasteiger partial charge in [0.25, 0.3) is 0 Å². The molecule has 1 fully saturated rings. The van der Waals surface area contributed by atoms with Crippen LogP contribution in [0.25, 0.3) is 0 Å². The van der Waals surface area contributed by atoms with Crippen LogP contribution >= 0.6 is 0 Å². The topological polar surface area (TPSA) is 67.2 Å². The molecule has 0 spiro atoms. The van der Waals surface area contributed by atoms with Gasteiger partial charge in [-0.1, -0.05) is 0 Å². The first kappa shape index (κ1) is 15.5. The van der Waals surface area contributed by atoms with Gasteiger partial charge >= 0.3 is 0 Å². The van der Waals surface area contributed by atoms with E-state index in [4.69, 9.17) is 0 Å². The maximum Gasteiger partial charge on any atom is 0.241 e. The van der Waals surface area contributed by atoms with Crippen LogP contribution in [0.5, 0.6) is 0 Å². The molecule has 1 N–H and O–H groups in total. The largest absolute Gasteiger partial charge is 0.347 e. The second-order valence-electron chi connectivity index (χ2n) is 5.64. The summed E-state index contributed by atoms with van der Waals surface area (Å²) in [6.45, 7) is 5.72. The van der Waals surface area contributed by atoms with Crippen LogP contribution < -0.4 is 5.32 Å². The number of hydrogen-bond acceptors (Lipinski definition) is 3. The fourth-order valence-corrected chi connectivity index (χ4v) is 2.76. The summed E-state index contributed by atoms with van der Waals surface area (Å²) >= 11 is 0. The lowest BCUT2D eigenvalue weighted by atomic mass is 10.1. The van der Waals surface area contributed by atoms with Gasteiger partial charge in [0.15, 0.2) is 0 Å². The second kappa shape index (κ2) is 6.74. The van der Waals surface area contributed by atoms with Crippen LogP contribution in [0.15, 0.2) is 0 Å². The van der Waals surface area contributed by atoms with Gasteiger partial charge in [-0.25, -0.2) is 0 Å². The minimum atomic E-state index is -0.0785. The van der Waals surface area contributed by atoms with Gasteiger partial charge in [-0.15, -0.1) is 0 Å². The van der Waals surface area contributed by atoms with E-state index in [2.05, 4.69) is 10.4 Å². The number of nitrogens with one attached hydrogen (secondary N) is 1. The fourth-order valence-electron chi connectivity index (χ4n) is 2.76. The molecule has 1 aromatic rings. The number of carbonyl (C=O) groups excluding carboxylic acids is 2. The Balaban J connectivity index is 1.75. The zero-order chi connectivity index (χ0) is 15.4. The van der Waals surface area contributed by atoms with Crippen molar-refractivity contribution in [2.45, 2.75) is 39.5 Å². The van der Waals surface area contributed by atoms with Crippen molar-refractivity contribution in [3.05, 3.63) is 17.0 Å². The summed E-state index contributed by atoms with van der Waals surface area (Å²) in [6, 6.07) is 0. The van der Waals surface area contributed by atoms with Crippen LogP contribution in [0.3, 0.4) is 0 Å². The Morgan fingerprint density at radius 1 is 1.24 bits per heavy atom. The number of amides is 2. The summed E-state index contributed by atoms with van der Waals surface area (Å²) in [7, 11) is 1.90. The quantitative estimate of drug-likeness (QED) is 0.869. The number of nitrogens with zero attached hydrogens (tertiary/aromatic N) is 3. The summed E-state index contributed by atoms with van der Waals surface area (Å²) in [5.74, 6) is -0.0558. The van der Waals surface area contributed by atoms with E-state index in [1.54, 1.807) is 0 Å². The molecule has 0 aromatic carbocycles. The third kappa shape index (κ3) is 3.83. The Labute approximate surface area is 125 Å². The fraction of sp³-hybridized carbons (Fsp3) is 0.667. The van der Waals surface area contributed by atoms with Crippen LogP contribution in [0.4, 0.5) is 0 Å². The van der Waals surface area contributed by atoms with E-state index < -0.39 is 0 Å². The molecule has 0 radical (unpaired) electrons. The smallest absolute Gasteiger partial charge is 0.241 e. The zero-order valence-electron chi connectivity index (χ0n) is 13.1. The third-order valence-corrected chi connectivity index (χ3v) is 4.16. The lowest BCUT2D eigenvalue weighted by Crippen LogP contribution is -2.38. The SMILES string of the molecule is Cc1nn(C)c(C)c1CCC(=O)NCC(=O)N1CCCC1. The Morgan fingerprint density at radius 3 is 2.48 bits per heavy atom. The van der Waals surface area contributed by atoms with Gasteiger partial charge in [0, 0.05) is 32.3 Å². The molecule has 6 heteroatoms. The molecular weight excluding hydrogens is 268 g/mol. The average molecular weight is 292 g/mol. The predicted octanol–water partition coefficient (Wildman–Crippen LogP) is 0.708. The molecule has 0 atom stereocenters. The van der Waals surface area contributed by atoms with Gasteiger partial charge in [0.05, 0.1) is 12.2 Å². The molecule has 1 aliphatic heterocycles. The molecule has 2 rings (SSSR count). The van der Waals surface area contributed by atoms with Gasteiger partial charge in [-0.3, -0.25) is 14.3 Å². The van der Waals surface area contributed by atoms with Crippen molar-refractivity contribution in [1.82, 2.24) is 20.0 Å². The van der Waals surface area contributed by atoms with Crippen molar-refractivity contribution >= 4 is 11.8 Å². The minimum Gasteiger partial charge on any atom is -0.347 e. The summed E-state index contributed by atoms with van der Waals surface area (Å²) in [4.78, 5) is 25.5. The van der Waals surface area contributed by atoms with Crippen molar-refractivity contribution in [2.75, 3.05) is 19.6 Å². The van der Waals surface area contributed by atoms with Crippen LogP contribution in [0, 0.1) is 13.8 Å². The van der Waals surface area contributed by atoms with Gasteiger partial charge in [-0.05, 0) is 38.7 Å². The van der Waals surface area contributed by atoms with Gasteiger partial charge in [0.2, 0.25) is 11.8 Å². The molecule has 21 heavy (non-hydrogen) atoms. The normalized spacial score (nSPS) is 14.5. The zero-order valence-corrected chi connectivity index (χ0v) is 13.1. The number of rotatable bonds is 5. The molecule has 1 aliphatic rings. The highest BCUT2D eigenvalue weighted by Gasteiger charge is 2.18. The van der Waals surface area contributed by atoms with Gasteiger partial charge in [-0.2, -0.15) is 5.10 Å². The lowest BCUT2D eigenvalue weighted by Gasteiger charge is -2.15. The average Bonchev–Trinajstić information content (AvgIpc) is 3.05. The number of likely N-dealkylation sites (tertiary alicyclic amines) is 1. The molecule has 116 valence electrons. The monoisotopic (exact) mass is 292 g/mol. The van der Waals surface area contributed by atoms with E-state index in [9.17, 15) is 9.59 Å². The highest BCUT2D eigenvalue weighted by molar-refractivity contribution is 5.84. The number of aromatic nitrogens is 2. The van der Waals surface area contributed by atoms with E-state index in [0.717, 1.165) is 42.9 Å². The maximum atomic E-state index is 11.9. The summed E-state index contributed by atoms with van der Waals surface area (Å²) in [5.41, 5.74) is 3.18. The lowest BCUT2D eigenvalue weighted by molar-refractivity contribution is -0.132. The van der Waals surface area contributed by atoms with E-state index in [1.807, 2.05) is 30.5 Å². The van der Waals surface area contributed by atoms with Gasteiger partial charge in [0.1, 0.15) is 0 Å². The van der Waals surface area contributed by atoms with E-state index in [0.29, 0.717) is 12.8 Å². The van der Waals surface area contributed by atoms with Crippen molar-refractivity contribution in [2.24, 2.45) is 7.05 Å². The minimum absolute atomic E-state index is 0.0228. The molecule has 0 aliphatic carbocycles. The first-order valence-corrected chi connectivity index (χ1v) is 7.52. The molecule has 0 unspecified atom stereocenters. The third-order valence-electron chi connectivity index (χ3n) is 4.16. The van der Waals surface area contributed by atoms with Crippen LogP contribution in [-0.2, 0) is 23.1 Å². The van der Waals surface area contributed by atoms with E-state index in [-0.39, 0.29) is 18.4 Å². The van der Waals surface area contributed by atoms with Crippen LogP contribution in [-0.4, -0.2) is 46.1 Å². The van der Waals surface area contributed by atoms with Crippen LogP contribution in [0.1, 0.15) is 36.2 Å². The van der Waals surface area contributed by atoms with Crippen molar-refractivity contribution in [1.29, 1.82) is 0 Å². The number of hydrogen-bond donors (Lipinski definition) is 1. The molecule has 2 amide bonds. The summed E-state index contributed by atoms with van der Waals surface area (Å²) < 4.78 is 1.83. The predicted molar refractivity (Wildman–Crippen MR) is 79.8 cm³/mol. The Hall–Kier alpha value is -1.85. The Kier molecular flexibility index (Phi) is 4.98. The van der Waals surface area contributed by atoms with Crippen molar-refractivity contribution in [3.63, 3.8) is 0 Å². The first-order valence-electron chi connectivity index (χ1n) is 7.52. The van der Waals surface area contributed by atoms with Crippen molar-refractivity contribution < 1.29 is 9.59 Å². The molecule has 0 saturated carbocycles. The maximum absolute atomic E-state index is 11.9. The summed E-state index contributed by atoms with van der Waals surface area (Å²) in [5, 5.41) is 7.06. The second-order valence-corrected chi connectivity index (χ2v) is 5.64. The molecule has 0 bridgehead atoms. The number of carbonyl (C=O) groups is 2. The van der Waals surface area contributed by atoms with Crippen molar-refractivity contribution in [3.8, 4) is 0 Å². The molecule has 1 aromatic heterocycles. The Bertz CT molecular complexity index is 530. The molecule has 1 saturated heterocycles.